The van der Waals surface area contributed by atoms with E-state index < -0.39 is 12.6 Å². The molecule has 0 aliphatic rings. The van der Waals surface area contributed by atoms with Crippen LogP contribution >= 0.6 is 34.8 Å². The lowest BCUT2D eigenvalue weighted by Crippen LogP contribution is -2.03. The monoisotopic (exact) mass is 398 g/mol. The van der Waals surface area contributed by atoms with Crippen LogP contribution < -0.4 is 0 Å². The summed E-state index contributed by atoms with van der Waals surface area (Å²) in [5, 5.41) is 14.6. The molecule has 25 heavy (non-hydrogen) atoms. The molecule has 4 nitrogen and oxygen atoms in total. The van der Waals surface area contributed by atoms with Gasteiger partial charge >= 0.3 is 5.97 Å². The summed E-state index contributed by atoms with van der Waals surface area (Å²) in [6.45, 7) is -0.995. The van der Waals surface area contributed by atoms with Gasteiger partial charge in [-0.2, -0.15) is 5.10 Å². The summed E-state index contributed by atoms with van der Waals surface area (Å²) in [6.07, 6.45) is 0. The fourth-order valence-electron chi connectivity index (χ4n) is 2.48. The van der Waals surface area contributed by atoms with E-state index in [0.717, 1.165) is 0 Å². The van der Waals surface area contributed by atoms with Gasteiger partial charge in [0.05, 0.1) is 16.4 Å². The maximum atomic E-state index is 13.7. The van der Waals surface area contributed by atoms with E-state index in [4.69, 9.17) is 34.8 Å². The van der Waals surface area contributed by atoms with E-state index in [-0.39, 0.29) is 16.3 Å². The average molecular weight is 400 g/mol. The SMILES string of the molecule is O=C(O)c1nn(-c2ccc(Cl)cc2Cl)c(-c2ccc(Cl)cc2)c1CF. The number of halogens is 4. The molecule has 1 heterocycles. The number of benzene rings is 2. The predicted molar refractivity (Wildman–Crippen MR) is 95.8 cm³/mol. The molecule has 0 bridgehead atoms. The number of alkyl halides is 1. The van der Waals surface area contributed by atoms with Crippen molar-refractivity contribution in [1.29, 1.82) is 0 Å². The Morgan fingerprint density at radius 3 is 2.28 bits per heavy atom. The van der Waals surface area contributed by atoms with Crippen LogP contribution in [0.4, 0.5) is 4.39 Å². The van der Waals surface area contributed by atoms with Crippen molar-refractivity contribution in [2.75, 3.05) is 0 Å². The molecular weight excluding hydrogens is 390 g/mol. The summed E-state index contributed by atoms with van der Waals surface area (Å²) < 4.78 is 15.0. The second-order valence-electron chi connectivity index (χ2n) is 5.13. The highest BCUT2D eigenvalue weighted by Crippen LogP contribution is 2.34. The molecule has 0 saturated carbocycles. The Morgan fingerprint density at radius 2 is 1.72 bits per heavy atom. The molecule has 0 amide bonds. The number of carboxylic acid groups (broad SMARTS) is 1. The van der Waals surface area contributed by atoms with Crippen LogP contribution in [0, 0.1) is 0 Å². The molecule has 0 fully saturated rings. The van der Waals surface area contributed by atoms with Gasteiger partial charge < -0.3 is 5.11 Å². The molecule has 1 N–H and O–H groups in total. The lowest BCUT2D eigenvalue weighted by molar-refractivity contribution is 0.0688. The third-order valence-electron chi connectivity index (χ3n) is 3.58. The first-order chi connectivity index (χ1) is 11.9. The topological polar surface area (TPSA) is 55.1 Å². The second-order valence-corrected chi connectivity index (χ2v) is 6.41. The van der Waals surface area contributed by atoms with Crippen LogP contribution in [0.15, 0.2) is 42.5 Å². The van der Waals surface area contributed by atoms with Crippen LogP contribution in [0.3, 0.4) is 0 Å². The van der Waals surface area contributed by atoms with Gasteiger partial charge in [-0.05, 0) is 30.3 Å². The zero-order chi connectivity index (χ0) is 18.1. The first-order valence-corrected chi connectivity index (χ1v) is 8.18. The summed E-state index contributed by atoms with van der Waals surface area (Å²) in [6, 6.07) is 11.2. The lowest BCUT2D eigenvalue weighted by Gasteiger charge is -2.11. The van der Waals surface area contributed by atoms with Crippen molar-refractivity contribution >= 4 is 40.8 Å². The van der Waals surface area contributed by atoms with Crippen molar-refractivity contribution in [3.63, 3.8) is 0 Å². The van der Waals surface area contributed by atoms with Crippen LogP contribution in [0.25, 0.3) is 16.9 Å². The minimum absolute atomic E-state index is 0.0409. The van der Waals surface area contributed by atoms with Gasteiger partial charge in [0.15, 0.2) is 5.69 Å². The van der Waals surface area contributed by atoms with Crippen LogP contribution in [-0.2, 0) is 6.67 Å². The minimum Gasteiger partial charge on any atom is -0.476 e. The normalized spacial score (nSPS) is 10.9. The molecule has 3 aromatic rings. The highest BCUT2D eigenvalue weighted by atomic mass is 35.5. The fraction of sp³-hybridized carbons (Fsp3) is 0.0588. The Hall–Kier alpha value is -2.08. The number of aromatic carboxylic acids is 1. The van der Waals surface area contributed by atoms with E-state index in [9.17, 15) is 14.3 Å². The largest absolute Gasteiger partial charge is 0.476 e. The average Bonchev–Trinajstić information content (AvgIpc) is 2.95. The third-order valence-corrected chi connectivity index (χ3v) is 4.37. The van der Waals surface area contributed by atoms with E-state index in [0.29, 0.717) is 27.0 Å². The summed E-state index contributed by atoms with van der Waals surface area (Å²) in [5.74, 6) is -1.33. The molecule has 2 aromatic carbocycles. The minimum atomic E-state index is -1.33. The van der Waals surface area contributed by atoms with Crippen LogP contribution in [-0.4, -0.2) is 20.9 Å². The van der Waals surface area contributed by atoms with Crippen LogP contribution in [0.1, 0.15) is 16.1 Å². The van der Waals surface area contributed by atoms with E-state index >= 15 is 0 Å². The predicted octanol–water partition coefficient (Wildman–Crippen LogP) is 5.67. The zero-order valence-corrected chi connectivity index (χ0v) is 14.8. The highest BCUT2D eigenvalue weighted by Gasteiger charge is 2.25. The molecule has 0 saturated heterocycles. The molecule has 128 valence electrons. The Labute approximate surface area is 157 Å². The molecular formula is C17H10Cl3FN2O2. The number of hydrogen-bond donors (Lipinski definition) is 1. The molecule has 8 heteroatoms. The van der Waals surface area contributed by atoms with E-state index in [2.05, 4.69) is 5.10 Å². The van der Waals surface area contributed by atoms with Gasteiger partial charge in [0.1, 0.15) is 6.67 Å². The van der Waals surface area contributed by atoms with Crippen molar-refractivity contribution in [1.82, 2.24) is 9.78 Å². The van der Waals surface area contributed by atoms with E-state index in [1.807, 2.05) is 0 Å². The number of carboxylic acids is 1. The maximum absolute atomic E-state index is 13.7. The standard InChI is InChI=1S/C17H10Cl3FN2O2/c18-10-3-1-9(2-4-10)16-12(8-21)15(17(24)25)22-23(16)14-6-5-11(19)7-13(14)20/h1-7H,8H2,(H,24,25). The van der Waals surface area contributed by atoms with Crippen molar-refractivity contribution in [3.8, 4) is 16.9 Å². The lowest BCUT2D eigenvalue weighted by atomic mass is 10.1. The molecule has 0 radical (unpaired) electrons. The molecule has 1 aromatic heterocycles. The number of carbonyl (C=O) groups is 1. The molecule has 3 rings (SSSR count). The van der Waals surface area contributed by atoms with E-state index in [1.54, 1.807) is 36.4 Å². The highest BCUT2D eigenvalue weighted by molar-refractivity contribution is 6.35. The van der Waals surface area contributed by atoms with E-state index in [1.165, 1.54) is 10.7 Å². The first-order valence-electron chi connectivity index (χ1n) is 7.05. The molecule has 0 aliphatic heterocycles. The Kier molecular flexibility index (Phi) is 4.99. The summed E-state index contributed by atoms with van der Waals surface area (Å²) >= 11 is 18.0. The third kappa shape index (κ3) is 3.35. The van der Waals surface area contributed by atoms with Gasteiger partial charge in [0, 0.05) is 21.2 Å². The van der Waals surface area contributed by atoms with Gasteiger partial charge in [-0.3, -0.25) is 0 Å². The van der Waals surface area contributed by atoms with Gasteiger partial charge in [-0.15, -0.1) is 0 Å². The van der Waals surface area contributed by atoms with Gasteiger partial charge in [-0.25, -0.2) is 13.9 Å². The number of rotatable bonds is 4. The fourth-order valence-corrected chi connectivity index (χ4v) is 3.09. The molecule has 0 unspecified atom stereocenters. The van der Waals surface area contributed by atoms with Gasteiger partial charge in [-0.1, -0.05) is 46.9 Å². The summed E-state index contributed by atoms with van der Waals surface area (Å²) in [5.41, 5.74) is 0.821. The van der Waals surface area contributed by atoms with Crippen molar-refractivity contribution in [2.45, 2.75) is 6.67 Å². The molecule has 0 spiro atoms. The second kappa shape index (κ2) is 7.04. The number of hydrogen-bond acceptors (Lipinski definition) is 2. The molecule has 0 atom stereocenters. The summed E-state index contributed by atoms with van der Waals surface area (Å²) in [7, 11) is 0. The van der Waals surface area contributed by atoms with Crippen LogP contribution in [0.5, 0.6) is 0 Å². The zero-order valence-electron chi connectivity index (χ0n) is 12.5. The van der Waals surface area contributed by atoms with Crippen molar-refractivity contribution in [3.05, 3.63) is 68.8 Å². The smallest absolute Gasteiger partial charge is 0.356 e. The first kappa shape index (κ1) is 17.7. The quantitative estimate of drug-likeness (QED) is 0.615. The number of aromatic nitrogens is 2. The Morgan fingerprint density at radius 1 is 1.08 bits per heavy atom. The Bertz CT molecular complexity index is 955. The van der Waals surface area contributed by atoms with Crippen molar-refractivity contribution in [2.24, 2.45) is 0 Å². The Balaban J connectivity index is 2.34. The van der Waals surface area contributed by atoms with Gasteiger partial charge in [0.25, 0.3) is 0 Å². The number of nitrogens with zero attached hydrogens (tertiary/aromatic N) is 2. The van der Waals surface area contributed by atoms with Gasteiger partial charge in [0.2, 0.25) is 0 Å². The summed E-state index contributed by atoms with van der Waals surface area (Å²) in [4.78, 5) is 11.5. The molecule has 0 aliphatic carbocycles. The van der Waals surface area contributed by atoms with Crippen molar-refractivity contribution < 1.29 is 14.3 Å². The maximum Gasteiger partial charge on any atom is 0.356 e. The van der Waals surface area contributed by atoms with Crippen LogP contribution in [0.2, 0.25) is 15.1 Å².